The highest BCUT2D eigenvalue weighted by atomic mass is 16.5. The molecule has 5 nitrogen and oxygen atoms in total. The molecule has 1 saturated heterocycles. The summed E-state index contributed by atoms with van der Waals surface area (Å²) in [4.78, 5) is 17.0. The molecule has 150 valence electrons. The second kappa shape index (κ2) is 9.60. The molecular formula is C23H30N2O3. The Morgan fingerprint density at radius 1 is 0.929 bits per heavy atom. The summed E-state index contributed by atoms with van der Waals surface area (Å²) in [6, 6.07) is 14.3. The SMILES string of the molecule is COc1ccc(CCN2CCN(C(=O)Cc3cccc(C)c3)CC2)cc1OC. The van der Waals surface area contributed by atoms with Crippen LogP contribution in [0.1, 0.15) is 16.7 Å². The molecule has 3 rings (SSSR count). The highest BCUT2D eigenvalue weighted by Gasteiger charge is 2.21. The van der Waals surface area contributed by atoms with Crippen molar-refractivity contribution in [3.63, 3.8) is 0 Å². The van der Waals surface area contributed by atoms with Gasteiger partial charge in [-0.2, -0.15) is 0 Å². The lowest BCUT2D eigenvalue weighted by Gasteiger charge is -2.35. The maximum absolute atomic E-state index is 12.6. The zero-order chi connectivity index (χ0) is 19.9. The monoisotopic (exact) mass is 382 g/mol. The van der Waals surface area contributed by atoms with E-state index >= 15 is 0 Å². The van der Waals surface area contributed by atoms with Gasteiger partial charge in [0.2, 0.25) is 5.91 Å². The topological polar surface area (TPSA) is 42.0 Å². The summed E-state index contributed by atoms with van der Waals surface area (Å²) in [6.07, 6.45) is 1.45. The number of nitrogens with zero attached hydrogens (tertiary/aromatic N) is 2. The lowest BCUT2D eigenvalue weighted by atomic mass is 10.1. The van der Waals surface area contributed by atoms with Gasteiger partial charge in [0.25, 0.3) is 0 Å². The lowest BCUT2D eigenvalue weighted by Crippen LogP contribution is -2.49. The van der Waals surface area contributed by atoms with Crippen molar-refractivity contribution in [1.82, 2.24) is 9.80 Å². The average Bonchev–Trinajstić information content (AvgIpc) is 2.72. The summed E-state index contributed by atoms with van der Waals surface area (Å²) in [5, 5.41) is 0. The van der Waals surface area contributed by atoms with Crippen LogP contribution in [0.3, 0.4) is 0 Å². The first-order valence-corrected chi connectivity index (χ1v) is 9.85. The Balaban J connectivity index is 1.46. The van der Waals surface area contributed by atoms with E-state index in [2.05, 4.69) is 30.0 Å². The van der Waals surface area contributed by atoms with Gasteiger partial charge in [0, 0.05) is 32.7 Å². The van der Waals surface area contributed by atoms with Crippen LogP contribution in [-0.4, -0.2) is 62.7 Å². The summed E-state index contributed by atoms with van der Waals surface area (Å²) < 4.78 is 10.7. The molecule has 1 aliphatic rings. The lowest BCUT2D eigenvalue weighted by molar-refractivity contribution is -0.132. The van der Waals surface area contributed by atoms with Crippen LogP contribution < -0.4 is 9.47 Å². The Hall–Kier alpha value is -2.53. The van der Waals surface area contributed by atoms with Gasteiger partial charge in [0.1, 0.15) is 0 Å². The summed E-state index contributed by atoms with van der Waals surface area (Å²) in [6.45, 7) is 6.49. The molecule has 2 aromatic rings. The molecule has 1 heterocycles. The molecular weight excluding hydrogens is 352 g/mol. The second-order valence-electron chi connectivity index (χ2n) is 7.33. The van der Waals surface area contributed by atoms with Gasteiger partial charge < -0.3 is 14.4 Å². The molecule has 1 fully saturated rings. The molecule has 0 saturated carbocycles. The number of aryl methyl sites for hydroxylation is 1. The van der Waals surface area contributed by atoms with E-state index in [-0.39, 0.29) is 5.91 Å². The van der Waals surface area contributed by atoms with Crippen LogP contribution in [-0.2, 0) is 17.6 Å². The summed E-state index contributed by atoms with van der Waals surface area (Å²) in [7, 11) is 3.31. The van der Waals surface area contributed by atoms with Gasteiger partial charge >= 0.3 is 0 Å². The fraction of sp³-hybridized carbons (Fsp3) is 0.435. The number of benzene rings is 2. The van der Waals surface area contributed by atoms with Crippen molar-refractivity contribution in [3.05, 3.63) is 59.2 Å². The molecule has 5 heteroatoms. The van der Waals surface area contributed by atoms with E-state index < -0.39 is 0 Å². The Morgan fingerprint density at radius 3 is 2.36 bits per heavy atom. The minimum absolute atomic E-state index is 0.227. The third kappa shape index (κ3) is 5.26. The van der Waals surface area contributed by atoms with E-state index in [1.807, 2.05) is 29.2 Å². The normalized spacial score (nSPS) is 14.8. The highest BCUT2D eigenvalue weighted by Crippen LogP contribution is 2.27. The van der Waals surface area contributed by atoms with Gasteiger partial charge in [-0.3, -0.25) is 9.69 Å². The summed E-state index contributed by atoms with van der Waals surface area (Å²) in [5.41, 5.74) is 3.53. The van der Waals surface area contributed by atoms with Gasteiger partial charge in [-0.1, -0.05) is 35.9 Å². The molecule has 0 aliphatic carbocycles. The van der Waals surface area contributed by atoms with Crippen LogP contribution in [0.5, 0.6) is 11.5 Å². The van der Waals surface area contributed by atoms with Crippen LogP contribution in [0.4, 0.5) is 0 Å². The minimum Gasteiger partial charge on any atom is -0.493 e. The molecule has 1 aliphatic heterocycles. The van der Waals surface area contributed by atoms with E-state index in [9.17, 15) is 4.79 Å². The molecule has 0 bridgehead atoms. The van der Waals surface area contributed by atoms with E-state index in [1.54, 1.807) is 14.2 Å². The first-order chi connectivity index (χ1) is 13.6. The smallest absolute Gasteiger partial charge is 0.227 e. The number of rotatable bonds is 7. The van der Waals surface area contributed by atoms with Crippen molar-refractivity contribution in [3.8, 4) is 11.5 Å². The maximum atomic E-state index is 12.6. The largest absolute Gasteiger partial charge is 0.493 e. The summed E-state index contributed by atoms with van der Waals surface area (Å²) in [5.74, 6) is 1.75. The minimum atomic E-state index is 0.227. The predicted molar refractivity (Wildman–Crippen MR) is 111 cm³/mol. The van der Waals surface area contributed by atoms with Gasteiger partial charge in [-0.15, -0.1) is 0 Å². The fourth-order valence-electron chi connectivity index (χ4n) is 3.65. The number of methoxy groups -OCH3 is 2. The van der Waals surface area contributed by atoms with E-state index in [0.717, 1.165) is 56.2 Å². The third-order valence-electron chi connectivity index (χ3n) is 5.33. The van der Waals surface area contributed by atoms with E-state index in [1.165, 1.54) is 11.1 Å². The van der Waals surface area contributed by atoms with Crippen LogP contribution in [0.25, 0.3) is 0 Å². The van der Waals surface area contributed by atoms with Gasteiger partial charge in [0.05, 0.1) is 20.6 Å². The molecule has 28 heavy (non-hydrogen) atoms. The fourth-order valence-corrected chi connectivity index (χ4v) is 3.65. The number of ether oxygens (including phenoxy) is 2. The van der Waals surface area contributed by atoms with E-state index in [4.69, 9.17) is 9.47 Å². The van der Waals surface area contributed by atoms with Crippen LogP contribution in [0.2, 0.25) is 0 Å². The number of carbonyl (C=O) groups excluding carboxylic acids is 1. The summed E-state index contributed by atoms with van der Waals surface area (Å²) >= 11 is 0. The first kappa shape index (κ1) is 20.2. The molecule has 0 N–H and O–H groups in total. The van der Waals surface area contributed by atoms with Crippen molar-refractivity contribution in [2.45, 2.75) is 19.8 Å². The zero-order valence-electron chi connectivity index (χ0n) is 17.1. The number of carbonyl (C=O) groups is 1. The van der Waals surface area contributed by atoms with Crippen molar-refractivity contribution in [2.24, 2.45) is 0 Å². The Labute approximate surface area is 167 Å². The van der Waals surface area contributed by atoms with Crippen LogP contribution >= 0.6 is 0 Å². The van der Waals surface area contributed by atoms with Crippen LogP contribution in [0, 0.1) is 6.92 Å². The first-order valence-electron chi connectivity index (χ1n) is 9.85. The second-order valence-corrected chi connectivity index (χ2v) is 7.33. The van der Waals surface area contributed by atoms with Crippen molar-refractivity contribution >= 4 is 5.91 Å². The third-order valence-corrected chi connectivity index (χ3v) is 5.33. The standard InChI is InChI=1S/C23H30N2O3/c1-18-5-4-6-20(15-18)17-23(26)25-13-11-24(12-14-25)10-9-19-7-8-21(27-2)22(16-19)28-3/h4-8,15-16H,9-14,17H2,1-3H3. The van der Waals surface area contributed by atoms with Crippen molar-refractivity contribution in [1.29, 1.82) is 0 Å². The maximum Gasteiger partial charge on any atom is 0.227 e. The number of hydrogen-bond donors (Lipinski definition) is 0. The van der Waals surface area contributed by atoms with E-state index in [0.29, 0.717) is 6.42 Å². The molecule has 0 spiro atoms. The number of amides is 1. The van der Waals surface area contributed by atoms with Crippen LogP contribution in [0.15, 0.2) is 42.5 Å². The zero-order valence-corrected chi connectivity index (χ0v) is 17.1. The predicted octanol–water partition coefficient (Wildman–Crippen LogP) is 2.94. The molecule has 0 atom stereocenters. The van der Waals surface area contributed by atoms with Gasteiger partial charge in [0.15, 0.2) is 11.5 Å². The van der Waals surface area contributed by atoms with Gasteiger partial charge in [-0.25, -0.2) is 0 Å². The Kier molecular flexibility index (Phi) is 6.93. The molecule has 1 amide bonds. The molecule has 0 radical (unpaired) electrons. The quantitative estimate of drug-likeness (QED) is 0.738. The number of piperazine rings is 1. The average molecular weight is 383 g/mol. The molecule has 0 aromatic heterocycles. The van der Waals surface area contributed by atoms with Crippen molar-refractivity contribution < 1.29 is 14.3 Å². The molecule has 0 unspecified atom stereocenters. The Morgan fingerprint density at radius 2 is 1.68 bits per heavy atom. The molecule has 2 aromatic carbocycles. The number of hydrogen-bond acceptors (Lipinski definition) is 4. The highest BCUT2D eigenvalue weighted by molar-refractivity contribution is 5.79. The van der Waals surface area contributed by atoms with Gasteiger partial charge in [-0.05, 0) is 36.6 Å². The Bertz CT molecular complexity index is 798. The van der Waals surface area contributed by atoms with Crippen molar-refractivity contribution in [2.75, 3.05) is 46.9 Å².